The highest BCUT2D eigenvalue weighted by Crippen LogP contribution is 2.30. The highest BCUT2D eigenvalue weighted by Gasteiger charge is 2.51. The molecule has 2 fully saturated rings. The van der Waals surface area contributed by atoms with Crippen LogP contribution in [0.3, 0.4) is 0 Å². The number of carbonyl (C=O) groups is 1. The van der Waals surface area contributed by atoms with Gasteiger partial charge in [0, 0.05) is 6.42 Å². The molecule has 2 heterocycles. The van der Waals surface area contributed by atoms with E-state index in [1.807, 2.05) is 6.08 Å². The Hall–Kier alpha value is -3.87. The first kappa shape index (κ1) is 86.2. The van der Waals surface area contributed by atoms with Crippen molar-refractivity contribution < 1.29 is 64.6 Å². The first-order valence-electron chi connectivity index (χ1n) is 37.4. The number of aliphatic hydroxyl groups is 8. The molecule has 12 atom stereocenters. The van der Waals surface area contributed by atoms with E-state index in [-0.39, 0.29) is 18.9 Å². The van der Waals surface area contributed by atoms with E-state index in [0.717, 1.165) is 89.9 Å². The molecule has 0 saturated carbocycles. The van der Waals surface area contributed by atoms with Crippen molar-refractivity contribution in [2.24, 2.45) is 0 Å². The summed E-state index contributed by atoms with van der Waals surface area (Å²) in [4.78, 5) is 13.3. The second-order valence-corrected chi connectivity index (χ2v) is 25.7. The summed E-state index contributed by atoms with van der Waals surface area (Å²) in [5.41, 5.74) is 0. The summed E-state index contributed by atoms with van der Waals surface area (Å²) in [6.45, 7) is 2.64. The summed E-state index contributed by atoms with van der Waals surface area (Å²) in [6, 6.07) is -0.974. The molecular weight excluding hydrogens is 1180 g/mol. The van der Waals surface area contributed by atoms with E-state index in [1.54, 1.807) is 6.08 Å². The lowest BCUT2D eigenvalue weighted by Crippen LogP contribution is -2.65. The molecule has 14 nitrogen and oxygen atoms in total. The summed E-state index contributed by atoms with van der Waals surface area (Å²) < 4.78 is 22.8. The minimum atomic E-state index is -1.81. The highest BCUT2D eigenvalue weighted by molar-refractivity contribution is 5.76. The van der Waals surface area contributed by atoms with Gasteiger partial charge in [0.2, 0.25) is 5.91 Å². The zero-order valence-corrected chi connectivity index (χ0v) is 58.7. The fourth-order valence-electron chi connectivity index (χ4n) is 11.4. The number of rotatable bonds is 60. The number of carbonyl (C=O) groups excluding carboxylic acids is 1. The van der Waals surface area contributed by atoms with Crippen LogP contribution in [0, 0.1) is 0 Å². The molecule has 2 rings (SSSR count). The van der Waals surface area contributed by atoms with Gasteiger partial charge in [0.05, 0.1) is 32.0 Å². The lowest BCUT2D eigenvalue weighted by molar-refractivity contribution is -0.359. The predicted octanol–water partition coefficient (Wildman–Crippen LogP) is 16.2. The molecule has 538 valence electrons. The fourth-order valence-corrected chi connectivity index (χ4v) is 11.4. The Morgan fingerprint density at radius 1 is 0.394 bits per heavy atom. The first-order chi connectivity index (χ1) is 46.1. The van der Waals surface area contributed by atoms with Crippen molar-refractivity contribution in [3.63, 3.8) is 0 Å². The average molecular weight is 1320 g/mol. The van der Waals surface area contributed by atoms with E-state index in [1.165, 1.54) is 148 Å². The van der Waals surface area contributed by atoms with Crippen molar-refractivity contribution >= 4 is 5.91 Å². The molecule has 0 aliphatic carbocycles. The van der Waals surface area contributed by atoms with Crippen LogP contribution in [0.15, 0.2) is 134 Å². The van der Waals surface area contributed by atoms with Crippen LogP contribution in [0.5, 0.6) is 0 Å². The summed E-state index contributed by atoms with van der Waals surface area (Å²) in [5.74, 6) is -0.299. The number of hydrogen-bond donors (Lipinski definition) is 9. The molecule has 2 aliphatic rings. The maximum absolute atomic E-state index is 13.3. The first-order valence-corrected chi connectivity index (χ1v) is 37.4. The van der Waals surface area contributed by atoms with Crippen LogP contribution in [0.25, 0.3) is 0 Å². The lowest BCUT2D eigenvalue weighted by Gasteiger charge is -2.46. The van der Waals surface area contributed by atoms with Crippen molar-refractivity contribution in [3.8, 4) is 0 Å². The summed E-state index contributed by atoms with van der Waals surface area (Å²) in [7, 11) is 0. The Morgan fingerprint density at radius 3 is 1.17 bits per heavy atom. The number of unbranched alkanes of at least 4 members (excludes halogenated alkanes) is 27. The van der Waals surface area contributed by atoms with Crippen LogP contribution < -0.4 is 5.32 Å². The summed E-state index contributed by atoms with van der Waals surface area (Å²) in [6.07, 6.45) is 76.7. The normalized spacial score (nSPS) is 23.3. The molecule has 12 unspecified atom stereocenters. The molecule has 94 heavy (non-hydrogen) atoms. The van der Waals surface area contributed by atoms with E-state index < -0.39 is 86.8 Å². The second kappa shape index (κ2) is 62.6. The van der Waals surface area contributed by atoms with Crippen molar-refractivity contribution in [3.05, 3.63) is 134 Å². The van der Waals surface area contributed by atoms with Crippen LogP contribution in [0.1, 0.15) is 271 Å². The van der Waals surface area contributed by atoms with E-state index in [4.69, 9.17) is 18.9 Å². The van der Waals surface area contributed by atoms with Gasteiger partial charge in [0.15, 0.2) is 12.6 Å². The Labute approximate surface area is 570 Å². The molecule has 0 aromatic rings. The maximum Gasteiger partial charge on any atom is 0.220 e. The molecule has 0 aromatic carbocycles. The second-order valence-electron chi connectivity index (χ2n) is 25.7. The molecule has 1 amide bonds. The topological polar surface area (TPSA) is 228 Å². The molecule has 14 heteroatoms. The van der Waals surface area contributed by atoms with E-state index in [0.29, 0.717) is 12.8 Å². The molecule has 0 aromatic heterocycles. The largest absolute Gasteiger partial charge is 0.394 e. The van der Waals surface area contributed by atoms with Crippen molar-refractivity contribution in [1.29, 1.82) is 0 Å². The minimum absolute atomic E-state index is 0.205. The Balaban J connectivity index is 1.71. The smallest absolute Gasteiger partial charge is 0.220 e. The summed E-state index contributed by atoms with van der Waals surface area (Å²) in [5, 5.41) is 87.5. The fraction of sp³-hybridized carbons (Fsp3) is 0.713. The van der Waals surface area contributed by atoms with Gasteiger partial charge in [-0.1, -0.05) is 289 Å². The van der Waals surface area contributed by atoms with Gasteiger partial charge in [-0.25, -0.2) is 0 Å². The van der Waals surface area contributed by atoms with Gasteiger partial charge in [0.25, 0.3) is 0 Å². The monoisotopic (exact) mass is 1320 g/mol. The average Bonchev–Trinajstić information content (AvgIpc) is 0.794. The third-order valence-electron chi connectivity index (χ3n) is 17.3. The van der Waals surface area contributed by atoms with E-state index >= 15 is 0 Å². The predicted molar refractivity (Wildman–Crippen MR) is 387 cm³/mol. The Morgan fingerprint density at radius 2 is 0.745 bits per heavy atom. The molecule has 0 spiro atoms. The van der Waals surface area contributed by atoms with Gasteiger partial charge in [0.1, 0.15) is 48.8 Å². The molecule has 2 aliphatic heterocycles. The Kier molecular flexibility index (Phi) is 57.4. The van der Waals surface area contributed by atoms with E-state index in [2.05, 4.69) is 141 Å². The van der Waals surface area contributed by atoms with Gasteiger partial charge in [-0.15, -0.1) is 0 Å². The summed E-state index contributed by atoms with van der Waals surface area (Å²) >= 11 is 0. The zero-order valence-electron chi connectivity index (χ0n) is 58.7. The molecule has 9 N–H and O–H groups in total. The van der Waals surface area contributed by atoms with Gasteiger partial charge >= 0.3 is 0 Å². The van der Waals surface area contributed by atoms with Crippen LogP contribution >= 0.6 is 0 Å². The van der Waals surface area contributed by atoms with Crippen LogP contribution in [-0.4, -0.2) is 140 Å². The number of ether oxygens (including phenoxy) is 4. The SMILES string of the molecule is CC/C=C\C/C=C\C/C=C\C/C=C\C/C=C\C/C=C\C/C=C\C/C=C\CCCCC(=O)NC(COC1OC(CO)C(OC2OC(CO)C(O)C(O)C2O)C(O)C1O)C(O)/C=C/CC/C=C/CC/C=C/CCCCCCCCCCCCCCCCCCCCCCCCC. The quantitative estimate of drug-likeness (QED) is 0.0204. The van der Waals surface area contributed by atoms with E-state index in [9.17, 15) is 45.6 Å². The van der Waals surface area contributed by atoms with Crippen molar-refractivity contribution in [1.82, 2.24) is 5.32 Å². The lowest BCUT2D eigenvalue weighted by atomic mass is 9.97. The third kappa shape index (κ3) is 45.6. The molecule has 0 bridgehead atoms. The Bertz CT molecular complexity index is 2090. The number of allylic oxidation sites excluding steroid dienone is 21. The minimum Gasteiger partial charge on any atom is -0.394 e. The van der Waals surface area contributed by atoms with Crippen LogP contribution in [-0.2, 0) is 23.7 Å². The van der Waals surface area contributed by atoms with Crippen molar-refractivity contribution in [2.75, 3.05) is 19.8 Å². The van der Waals surface area contributed by atoms with Gasteiger partial charge in [-0.3, -0.25) is 4.79 Å². The molecule has 2 saturated heterocycles. The van der Waals surface area contributed by atoms with Crippen molar-refractivity contribution in [2.45, 2.75) is 344 Å². The standard InChI is InChI=1S/C80H135NO13/c1-3-5-7-9-11-13-15-17-19-21-23-25-27-29-31-32-33-34-35-36-38-39-41-43-45-47-49-51-53-55-57-59-61-63-69(84)68(67-91-79-77(90)75(88)78(71(66-83)93-79)94-80-76(89)74(87)73(86)70(65-82)92-80)81-72(85)64-62-60-58-56-54-52-50-48-46-44-42-40-37-30-28-26-24-22-20-18-16-14-12-10-8-6-4-2/h6,8,12,14,18,20,24,26,30,37,42,44-45,47-48,50,53-56,61,63,68-71,73-80,82-84,86-90H,3-5,7,9-11,13,15-17,19,21-23,25,27-29,31-36,38-41,43,46,49,51-52,57-60,62,64-67H2,1-2H3,(H,81,85)/b8-6-,14-12-,20-18-,26-24-,37-30-,44-42-,47-45+,50-48-,55-53+,56-54-,63-61+. The number of amides is 1. The third-order valence-corrected chi connectivity index (χ3v) is 17.3. The van der Waals surface area contributed by atoms with Gasteiger partial charge in [-0.2, -0.15) is 0 Å². The van der Waals surface area contributed by atoms with Gasteiger partial charge in [-0.05, 0) is 109 Å². The number of aliphatic hydroxyl groups excluding tert-OH is 8. The van der Waals surface area contributed by atoms with Crippen LogP contribution in [0.2, 0.25) is 0 Å². The van der Waals surface area contributed by atoms with Crippen LogP contribution in [0.4, 0.5) is 0 Å². The van der Waals surface area contributed by atoms with Gasteiger partial charge < -0.3 is 65.1 Å². The highest BCUT2D eigenvalue weighted by atomic mass is 16.7. The number of hydrogen-bond acceptors (Lipinski definition) is 13. The maximum atomic E-state index is 13.3. The number of nitrogens with one attached hydrogen (secondary N) is 1. The molecule has 0 radical (unpaired) electrons. The molecular formula is C80H135NO13. The zero-order chi connectivity index (χ0) is 68.0.